The molecule has 3 atom stereocenters. The maximum atomic E-state index is 13.0. The molecular weight excluding hydrogens is 353 g/mol. The van der Waals surface area contributed by atoms with Gasteiger partial charge in [0, 0.05) is 19.1 Å². The first-order chi connectivity index (χ1) is 12.1. The van der Waals surface area contributed by atoms with Crippen LogP contribution in [0.25, 0.3) is 0 Å². The van der Waals surface area contributed by atoms with Gasteiger partial charge in [0.25, 0.3) is 0 Å². The highest BCUT2D eigenvalue weighted by Crippen LogP contribution is 2.37. The van der Waals surface area contributed by atoms with E-state index in [-0.39, 0.29) is 6.04 Å². The average Bonchev–Trinajstić information content (AvgIpc) is 3.01. The van der Waals surface area contributed by atoms with Crippen molar-refractivity contribution in [2.24, 2.45) is 11.8 Å². The van der Waals surface area contributed by atoms with Crippen LogP contribution in [0.4, 0.5) is 18.0 Å². The molecule has 0 aliphatic carbocycles. The van der Waals surface area contributed by atoms with Crippen LogP contribution in [0.3, 0.4) is 0 Å². The van der Waals surface area contributed by atoms with E-state index in [4.69, 9.17) is 9.84 Å². The monoisotopic (exact) mass is 374 g/mol. The molecule has 1 aromatic carbocycles. The van der Waals surface area contributed by atoms with E-state index in [1.165, 1.54) is 7.11 Å². The summed E-state index contributed by atoms with van der Waals surface area (Å²) in [6.45, 7) is 0.610. The van der Waals surface area contributed by atoms with Crippen LogP contribution in [-0.2, 0) is 11.2 Å². The zero-order chi connectivity index (χ0) is 19.5. The maximum Gasteiger partial charge on any atom is 0.394 e. The summed E-state index contributed by atoms with van der Waals surface area (Å²) in [5, 5.41) is 11.6. The van der Waals surface area contributed by atoms with E-state index in [0.717, 1.165) is 10.5 Å². The van der Waals surface area contributed by atoms with Crippen molar-refractivity contribution in [3.05, 3.63) is 29.8 Å². The number of likely N-dealkylation sites (tertiary alicyclic amines) is 1. The molecule has 2 rings (SSSR count). The second-order valence-corrected chi connectivity index (χ2v) is 6.40. The third-order valence-corrected chi connectivity index (χ3v) is 4.39. The quantitative estimate of drug-likeness (QED) is 0.830. The van der Waals surface area contributed by atoms with Crippen LogP contribution in [0.2, 0.25) is 0 Å². The Hall–Kier alpha value is -2.45. The highest BCUT2D eigenvalue weighted by atomic mass is 19.4. The van der Waals surface area contributed by atoms with Gasteiger partial charge in [-0.3, -0.25) is 4.79 Å². The van der Waals surface area contributed by atoms with Gasteiger partial charge < -0.3 is 20.1 Å². The minimum atomic E-state index is -4.66. The van der Waals surface area contributed by atoms with Crippen LogP contribution in [0.15, 0.2) is 24.3 Å². The van der Waals surface area contributed by atoms with Gasteiger partial charge in [-0.15, -0.1) is 0 Å². The van der Waals surface area contributed by atoms with Crippen LogP contribution >= 0.6 is 0 Å². The molecule has 2 amide bonds. The number of methoxy groups -OCH3 is 1. The van der Waals surface area contributed by atoms with Crippen molar-refractivity contribution in [3.63, 3.8) is 0 Å². The van der Waals surface area contributed by atoms with Crippen molar-refractivity contribution in [2.75, 3.05) is 20.2 Å². The molecule has 1 aliphatic rings. The van der Waals surface area contributed by atoms with Crippen molar-refractivity contribution < 1.29 is 32.6 Å². The van der Waals surface area contributed by atoms with Crippen molar-refractivity contribution >= 4 is 12.0 Å². The number of nitrogens with zero attached hydrogens (tertiary/aromatic N) is 1. The largest absolute Gasteiger partial charge is 0.497 e. The van der Waals surface area contributed by atoms with Crippen LogP contribution in [0.5, 0.6) is 5.75 Å². The zero-order valence-corrected chi connectivity index (χ0v) is 14.4. The number of carbonyl (C=O) groups excluding carboxylic acids is 1. The Bertz CT molecular complexity index is 666. The topological polar surface area (TPSA) is 78.9 Å². The van der Waals surface area contributed by atoms with Gasteiger partial charge in [-0.25, -0.2) is 4.79 Å². The van der Waals surface area contributed by atoms with Crippen LogP contribution in [-0.4, -0.2) is 54.4 Å². The lowest BCUT2D eigenvalue weighted by molar-refractivity contribution is -0.187. The second kappa shape index (κ2) is 7.84. The third kappa shape index (κ3) is 4.80. The molecule has 1 aromatic rings. The zero-order valence-electron chi connectivity index (χ0n) is 14.4. The number of carboxylic acid groups (broad SMARTS) is 1. The molecule has 1 unspecified atom stereocenters. The SMILES string of the molecule is COc1cccc(CC(C)NC(=O)N2C[C@@H](C(F)(F)F)[C@H](C(=O)O)C2)c1. The van der Waals surface area contributed by atoms with Gasteiger partial charge in [0.05, 0.1) is 18.9 Å². The summed E-state index contributed by atoms with van der Waals surface area (Å²) in [5.74, 6) is -4.58. The smallest absolute Gasteiger partial charge is 0.394 e. The fourth-order valence-corrected chi connectivity index (χ4v) is 3.06. The molecular formula is C17H21F3N2O4. The first-order valence-corrected chi connectivity index (χ1v) is 8.09. The van der Waals surface area contributed by atoms with Crippen LogP contribution in [0, 0.1) is 11.8 Å². The highest BCUT2D eigenvalue weighted by molar-refractivity contribution is 5.78. The lowest BCUT2D eigenvalue weighted by atomic mass is 9.96. The number of urea groups is 1. The van der Waals surface area contributed by atoms with Crippen molar-refractivity contribution in [1.82, 2.24) is 10.2 Å². The molecule has 1 aliphatic heterocycles. The van der Waals surface area contributed by atoms with Gasteiger partial charge in [0.1, 0.15) is 5.75 Å². The van der Waals surface area contributed by atoms with Crippen molar-refractivity contribution in [3.8, 4) is 5.75 Å². The Kier molecular flexibility index (Phi) is 5.99. The van der Waals surface area contributed by atoms with Gasteiger partial charge in [-0.1, -0.05) is 12.1 Å². The summed E-state index contributed by atoms with van der Waals surface area (Å²) >= 11 is 0. The fourth-order valence-electron chi connectivity index (χ4n) is 3.06. The number of nitrogens with one attached hydrogen (secondary N) is 1. The van der Waals surface area contributed by atoms with Crippen LogP contribution < -0.4 is 10.1 Å². The summed E-state index contributed by atoms with van der Waals surface area (Å²) in [6.07, 6.45) is -4.20. The Balaban J connectivity index is 1.97. The summed E-state index contributed by atoms with van der Waals surface area (Å²) in [4.78, 5) is 24.2. The minimum Gasteiger partial charge on any atom is -0.497 e. The third-order valence-electron chi connectivity index (χ3n) is 4.39. The summed E-state index contributed by atoms with van der Waals surface area (Å²) < 4.78 is 44.1. The average molecular weight is 374 g/mol. The highest BCUT2D eigenvalue weighted by Gasteiger charge is 2.53. The van der Waals surface area contributed by atoms with E-state index in [9.17, 15) is 22.8 Å². The molecule has 0 bridgehead atoms. The first kappa shape index (κ1) is 19.9. The number of carbonyl (C=O) groups is 2. The Labute approximate surface area is 148 Å². The number of aliphatic carboxylic acids is 1. The second-order valence-electron chi connectivity index (χ2n) is 6.40. The van der Waals surface area contributed by atoms with E-state index in [1.54, 1.807) is 25.1 Å². The van der Waals surface area contributed by atoms with Crippen molar-refractivity contribution in [2.45, 2.75) is 25.6 Å². The van der Waals surface area contributed by atoms with Crippen LogP contribution in [0.1, 0.15) is 12.5 Å². The molecule has 6 nitrogen and oxygen atoms in total. The van der Waals surface area contributed by atoms with E-state index in [0.29, 0.717) is 12.2 Å². The molecule has 144 valence electrons. The molecule has 2 N–H and O–H groups in total. The molecule has 0 spiro atoms. The molecule has 0 radical (unpaired) electrons. The number of hydrogen-bond acceptors (Lipinski definition) is 3. The van der Waals surface area contributed by atoms with Gasteiger partial charge in [0.15, 0.2) is 0 Å². The van der Waals surface area contributed by atoms with Crippen molar-refractivity contribution in [1.29, 1.82) is 0 Å². The number of halogens is 3. The predicted molar refractivity (Wildman–Crippen MR) is 86.9 cm³/mol. The normalized spacial score (nSPS) is 21.3. The molecule has 0 saturated carbocycles. The van der Waals surface area contributed by atoms with E-state index in [1.807, 2.05) is 6.07 Å². The van der Waals surface area contributed by atoms with E-state index >= 15 is 0 Å². The summed E-state index contributed by atoms with van der Waals surface area (Å²) in [6, 6.07) is 6.19. The Morgan fingerprint density at radius 3 is 2.62 bits per heavy atom. The molecule has 9 heteroatoms. The molecule has 26 heavy (non-hydrogen) atoms. The minimum absolute atomic E-state index is 0.345. The maximum absolute atomic E-state index is 13.0. The molecule has 0 aromatic heterocycles. The Morgan fingerprint density at radius 2 is 2.08 bits per heavy atom. The van der Waals surface area contributed by atoms with E-state index in [2.05, 4.69) is 5.32 Å². The van der Waals surface area contributed by atoms with Gasteiger partial charge >= 0.3 is 18.2 Å². The van der Waals surface area contributed by atoms with Gasteiger partial charge in [-0.05, 0) is 31.0 Å². The number of benzene rings is 1. The summed E-state index contributed by atoms with van der Waals surface area (Å²) in [5.41, 5.74) is 0.898. The predicted octanol–water partition coefficient (Wildman–Crippen LogP) is 2.53. The van der Waals surface area contributed by atoms with Gasteiger partial charge in [-0.2, -0.15) is 13.2 Å². The fraction of sp³-hybridized carbons (Fsp3) is 0.529. The molecule has 1 heterocycles. The first-order valence-electron chi connectivity index (χ1n) is 8.09. The lowest BCUT2D eigenvalue weighted by Crippen LogP contribution is -2.44. The standard InChI is InChI=1S/C17H21F3N2O4/c1-10(6-11-4-3-5-12(7-11)26-2)21-16(25)22-8-13(15(23)24)14(9-22)17(18,19)20/h3-5,7,10,13-14H,6,8-9H2,1-2H3,(H,21,25)(H,23,24)/t10?,13-,14-/m1/s1. The van der Waals surface area contributed by atoms with Gasteiger partial charge in [0.2, 0.25) is 0 Å². The number of carboxylic acids is 1. The molecule has 1 fully saturated rings. The number of ether oxygens (including phenoxy) is 1. The lowest BCUT2D eigenvalue weighted by Gasteiger charge is -2.21. The molecule has 1 saturated heterocycles. The summed E-state index contributed by atoms with van der Waals surface area (Å²) in [7, 11) is 1.54. The number of rotatable bonds is 5. The van der Waals surface area contributed by atoms with E-state index < -0.39 is 43.1 Å². The number of amides is 2. The number of hydrogen-bond donors (Lipinski definition) is 2. The Morgan fingerprint density at radius 1 is 1.38 bits per heavy atom. The number of alkyl halides is 3.